The second-order valence-electron chi connectivity index (χ2n) is 9.95. The van der Waals surface area contributed by atoms with Crippen LogP contribution in [0, 0.1) is 5.41 Å². The molecule has 0 radical (unpaired) electrons. The van der Waals surface area contributed by atoms with Crippen LogP contribution in [0.4, 0.5) is 5.69 Å². The van der Waals surface area contributed by atoms with Gasteiger partial charge in [-0.2, -0.15) is 0 Å². The van der Waals surface area contributed by atoms with Gasteiger partial charge in [-0.15, -0.1) is 0 Å². The number of aromatic amines is 1. The van der Waals surface area contributed by atoms with Gasteiger partial charge in [0.15, 0.2) is 0 Å². The Morgan fingerprint density at radius 1 is 1.03 bits per heavy atom. The van der Waals surface area contributed by atoms with Crippen LogP contribution in [0.5, 0.6) is 0 Å². The summed E-state index contributed by atoms with van der Waals surface area (Å²) >= 11 is 3.53. The second-order valence-corrected chi connectivity index (χ2v) is 10.7. The number of nitrogens with one attached hydrogen (secondary N) is 2. The molecule has 5 rings (SSSR count). The molecule has 2 fully saturated rings. The molecule has 2 aromatic carbocycles. The Morgan fingerprint density at radius 3 is 2.26 bits per heavy atom. The summed E-state index contributed by atoms with van der Waals surface area (Å²) in [6.45, 7) is 2.22. The Balaban J connectivity index is 1.45. The molecule has 8 heteroatoms. The molecule has 2 aliphatic rings. The number of rotatable bonds is 5. The third-order valence-electron chi connectivity index (χ3n) is 7.88. The zero-order chi connectivity index (χ0) is 24.7. The largest absolute Gasteiger partial charge is 0.378 e. The number of likely N-dealkylation sites (tertiary alicyclic amines) is 1. The maximum atomic E-state index is 13.2. The summed E-state index contributed by atoms with van der Waals surface area (Å²) < 4.78 is 2.37. The summed E-state index contributed by atoms with van der Waals surface area (Å²) in [5.74, 6) is 0.331. The van der Waals surface area contributed by atoms with E-state index in [1.807, 2.05) is 44.0 Å². The van der Waals surface area contributed by atoms with Crippen LogP contribution in [0.1, 0.15) is 41.6 Å². The molecule has 3 aromatic rings. The maximum Gasteiger partial charge on any atom is 0.278 e. The van der Waals surface area contributed by atoms with Crippen molar-refractivity contribution in [2.45, 2.75) is 24.8 Å². The van der Waals surface area contributed by atoms with Crippen LogP contribution in [0.2, 0.25) is 0 Å². The molecule has 0 bridgehead atoms. The average Bonchev–Trinajstić information content (AvgIpc) is 3.31. The lowest BCUT2D eigenvalue weighted by Gasteiger charge is -2.44. The lowest BCUT2D eigenvalue weighted by atomic mass is 9.67. The normalized spacial score (nSPS) is 20.7. The molecule has 3 heterocycles. The first kappa shape index (κ1) is 23.9. The minimum absolute atomic E-state index is 0.0887. The SMILES string of the molecule is CN(C)c1ccc(C2CNC(=O)C23CCN(C(c2ccccc2)c2c(Br)c(=O)[nH]n2C)CC3)cc1. The van der Waals surface area contributed by atoms with Crippen LogP contribution < -0.4 is 15.8 Å². The molecule has 184 valence electrons. The summed E-state index contributed by atoms with van der Waals surface area (Å²) in [6.07, 6.45) is 1.55. The van der Waals surface area contributed by atoms with Gasteiger partial charge in [0.1, 0.15) is 4.47 Å². The number of hydrogen-bond donors (Lipinski definition) is 2. The summed E-state index contributed by atoms with van der Waals surface area (Å²) in [4.78, 5) is 30.1. The van der Waals surface area contributed by atoms with Crippen molar-refractivity contribution >= 4 is 27.5 Å². The number of hydrogen-bond acceptors (Lipinski definition) is 4. The number of halogens is 1. The summed E-state index contributed by atoms with van der Waals surface area (Å²) in [5.41, 5.74) is 3.88. The lowest BCUT2D eigenvalue weighted by Crippen LogP contribution is -2.47. The van der Waals surface area contributed by atoms with Gasteiger partial charge in [0, 0.05) is 52.4 Å². The van der Waals surface area contributed by atoms with E-state index in [0.29, 0.717) is 11.0 Å². The predicted octanol–water partition coefficient (Wildman–Crippen LogP) is 3.63. The van der Waals surface area contributed by atoms with Gasteiger partial charge >= 0.3 is 0 Å². The van der Waals surface area contributed by atoms with E-state index in [4.69, 9.17) is 0 Å². The molecule has 2 aliphatic heterocycles. The van der Waals surface area contributed by atoms with Gasteiger partial charge in [-0.3, -0.25) is 24.3 Å². The van der Waals surface area contributed by atoms with Crippen LogP contribution in [0.15, 0.2) is 63.9 Å². The number of piperidine rings is 1. The van der Waals surface area contributed by atoms with Crippen molar-refractivity contribution in [3.8, 4) is 0 Å². The Morgan fingerprint density at radius 2 is 1.69 bits per heavy atom. The fourth-order valence-corrected chi connectivity index (χ4v) is 6.50. The van der Waals surface area contributed by atoms with E-state index < -0.39 is 5.41 Å². The van der Waals surface area contributed by atoms with E-state index >= 15 is 0 Å². The first-order valence-electron chi connectivity index (χ1n) is 12.1. The average molecular weight is 538 g/mol. The van der Waals surface area contributed by atoms with Crippen molar-refractivity contribution in [1.82, 2.24) is 20.0 Å². The molecule has 2 saturated heterocycles. The summed E-state index contributed by atoms with van der Waals surface area (Å²) in [6, 6.07) is 18.8. The number of nitrogens with zero attached hydrogens (tertiary/aromatic N) is 3. The van der Waals surface area contributed by atoms with Crippen molar-refractivity contribution in [2.24, 2.45) is 12.5 Å². The summed E-state index contributed by atoms with van der Waals surface area (Å²) in [5, 5.41) is 6.05. The van der Waals surface area contributed by atoms with Gasteiger partial charge in [-0.1, -0.05) is 42.5 Å². The smallest absolute Gasteiger partial charge is 0.278 e. The first-order chi connectivity index (χ1) is 16.8. The molecule has 2 atom stereocenters. The number of H-pyrrole nitrogens is 1. The van der Waals surface area contributed by atoms with Crippen molar-refractivity contribution < 1.29 is 4.79 Å². The molecule has 2 unspecified atom stereocenters. The third-order valence-corrected chi connectivity index (χ3v) is 8.65. The minimum Gasteiger partial charge on any atom is -0.378 e. The van der Waals surface area contributed by atoms with Gasteiger partial charge in [0.2, 0.25) is 5.91 Å². The molecule has 35 heavy (non-hydrogen) atoms. The molecule has 1 amide bonds. The first-order valence-corrected chi connectivity index (χ1v) is 12.9. The molecule has 0 saturated carbocycles. The number of aromatic nitrogens is 2. The molecular weight excluding hydrogens is 506 g/mol. The maximum absolute atomic E-state index is 13.2. The zero-order valence-electron chi connectivity index (χ0n) is 20.4. The predicted molar refractivity (Wildman–Crippen MR) is 142 cm³/mol. The van der Waals surface area contributed by atoms with Crippen molar-refractivity contribution in [3.63, 3.8) is 0 Å². The fraction of sp³-hybridized carbons (Fsp3) is 0.407. The summed E-state index contributed by atoms with van der Waals surface area (Å²) in [7, 11) is 5.95. The monoisotopic (exact) mass is 537 g/mol. The molecule has 1 spiro atoms. The van der Waals surface area contributed by atoms with Gasteiger partial charge in [-0.05, 0) is 52.0 Å². The Labute approximate surface area is 214 Å². The lowest BCUT2D eigenvalue weighted by molar-refractivity contribution is -0.131. The number of aryl methyl sites for hydroxylation is 1. The van der Waals surface area contributed by atoms with Crippen LogP contribution in [-0.2, 0) is 11.8 Å². The topological polar surface area (TPSA) is 73.4 Å². The van der Waals surface area contributed by atoms with E-state index in [2.05, 4.69) is 72.5 Å². The van der Waals surface area contributed by atoms with Gasteiger partial charge in [0.05, 0.1) is 17.2 Å². The van der Waals surface area contributed by atoms with Gasteiger partial charge < -0.3 is 10.2 Å². The van der Waals surface area contributed by atoms with E-state index in [1.165, 1.54) is 5.56 Å². The highest BCUT2D eigenvalue weighted by molar-refractivity contribution is 9.10. The number of benzene rings is 2. The van der Waals surface area contributed by atoms with E-state index in [1.54, 1.807) is 0 Å². The van der Waals surface area contributed by atoms with Crippen LogP contribution in [0.25, 0.3) is 0 Å². The third kappa shape index (κ3) is 4.12. The van der Waals surface area contributed by atoms with E-state index in [-0.39, 0.29) is 23.4 Å². The van der Waals surface area contributed by atoms with Crippen molar-refractivity contribution in [3.05, 3.63) is 86.2 Å². The van der Waals surface area contributed by atoms with Crippen LogP contribution in [-0.4, -0.2) is 54.3 Å². The van der Waals surface area contributed by atoms with Crippen LogP contribution in [0.3, 0.4) is 0 Å². The Hall–Kier alpha value is -2.84. The highest BCUT2D eigenvalue weighted by Gasteiger charge is 2.52. The minimum atomic E-state index is -0.404. The molecule has 2 N–H and O–H groups in total. The number of anilines is 1. The van der Waals surface area contributed by atoms with E-state index in [9.17, 15) is 9.59 Å². The molecule has 1 aromatic heterocycles. The second kappa shape index (κ2) is 9.32. The highest BCUT2D eigenvalue weighted by atomic mass is 79.9. The highest BCUT2D eigenvalue weighted by Crippen LogP contribution is 2.49. The fourth-order valence-electron chi connectivity index (χ4n) is 5.93. The Bertz CT molecular complexity index is 1260. The number of amides is 1. The van der Waals surface area contributed by atoms with E-state index in [0.717, 1.165) is 42.9 Å². The number of carbonyl (C=O) groups is 1. The van der Waals surface area contributed by atoms with Crippen molar-refractivity contribution in [1.29, 1.82) is 0 Å². The Kier molecular flexibility index (Phi) is 6.36. The molecule has 7 nitrogen and oxygen atoms in total. The van der Waals surface area contributed by atoms with Gasteiger partial charge in [0.25, 0.3) is 5.56 Å². The zero-order valence-corrected chi connectivity index (χ0v) is 22.0. The molecule has 0 aliphatic carbocycles. The molecular formula is C27H32BrN5O2. The van der Waals surface area contributed by atoms with Crippen molar-refractivity contribution in [2.75, 3.05) is 38.6 Å². The number of carbonyl (C=O) groups excluding carboxylic acids is 1. The standard InChI is InChI=1S/C27H32BrN5O2/c1-31(2)20-11-9-18(10-12-20)21-17-29-26(35)27(21)13-15-33(16-14-27)23(19-7-5-4-6-8-19)24-22(28)25(34)30-32(24)3/h4-12,21,23H,13-17H2,1-3H3,(H,29,35)(H,30,34). The van der Waals surface area contributed by atoms with Crippen LogP contribution >= 0.6 is 15.9 Å². The van der Waals surface area contributed by atoms with Gasteiger partial charge in [-0.25, -0.2) is 0 Å². The quantitative estimate of drug-likeness (QED) is 0.521.